The monoisotopic (exact) mass is 363 g/mol. The number of hydrogen-bond donors (Lipinski definition) is 1. The molecule has 132 valence electrons. The molecule has 1 aromatic heterocycles. The first-order chi connectivity index (χ1) is 11.9. The summed E-state index contributed by atoms with van der Waals surface area (Å²) in [5, 5.41) is 3.24. The number of halogens is 1. The fourth-order valence-electron chi connectivity index (χ4n) is 2.69. The summed E-state index contributed by atoms with van der Waals surface area (Å²) in [5.41, 5.74) is 1.48. The topological polar surface area (TPSA) is 71.5 Å². The second-order valence-electron chi connectivity index (χ2n) is 5.88. The molecule has 1 saturated heterocycles. The molecule has 6 nitrogen and oxygen atoms in total. The lowest BCUT2D eigenvalue weighted by molar-refractivity contribution is -0.160. The van der Waals surface area contributed by atoms with E-state index in [-0.39, 0.29) is 24.2 Å². The molecule has 0 spiro atoms. The van der Waals surface area contributed by atoms with E-state index >= 15 is 0 Å². The minimum absolute atomic E-state index is 0.178. The Morgan fingerprint density at radius 1 is 1.36 bits per heavy atom. The highest BCUT2D eigenvalue weighted by atomic mass is 32.1. The predicted molar refractivity (Wildman–Crippen MR) is 91.9 cm³/mol. The number of carbonyl (C=O) groups is 2. The van der Waals surface area contributed by atoms with Crippen molar-refractivity contribution < 1.29 is 18.7 Å². The molecule has 1 aliphatic rings. The summed E-state index contributed by atoms with van der Waals surface area (Å²) in [6.07, 6.45) is -0.905. The number of benzene rings is 1. The Bertz CT molecular complexity index is 786. The van der Waals surface area contributed by atoms with Crippen LogP contribution in [0.15, 0.2) is 24.3 Å². The molecule has 2 atom stereocenters. The third-order valence-corrected chi connectivity index (χ3v) is 5.20. The van der Waals surface area contributed by atoms with E-state index < -0.39 is 12.1 Å². The molecule has 1 aromatic carbocycles. The molecule has 2 aromatic rings. The number of morpholine rings is 1. The highest BCUT2D eigenvalue weighted by Gasteiger charge is 2.40. The van der Waals surface area contributed by atoms with Gasteiger partial charge in [-0.3, -0.25) is 14.9 Å². The van der Waals surface area contributed by atoms with Gasteiger partial charge in [-0.1, -0.05) is 12.1 Å². The van der Waals surface area contributed by atoms with Crippen molar-refractivity contribution >= 4 is 28.3 Å². The van der Waals surface area contributed by atoms with Crippen LogP contribution in [0.4, 0.5) is 9.52 Å². The largest absolute Gasteiger partial charge is 0.356 e. The van der Waals surface area contributed by atoms with E-state index in [4.69, 9.17) is 4.74 Å². The van der Waals surface area contributed by atoms with Gasteiger partial charge in [0.15, 0.2) is 11.2 Å². The molecule has 1 fully saturated rings. The first-order valence-electron chi connectivity index (χ1n) is 7.74. The minimum atomic E-state index is -0.905. The third-order valence-electron chi connectivity index (χ3n) is 4.21. The Balaban J connectivity index is 1.87. The van der Waals surface area contributed by atoms with Gasteiger partial charge < -0.3 is 9.64 Å². The highest BCUT2D eigenvalue weighted by Crippen LogP contribution is 2.30. The lowest BCUT2D eigenvalue weighted by atomic mass is 9.97. The van der Waals surface area contributed by atoms with Crippen LogP contribution < -0.4 is 5.32 Å². The quantitative estimate of drug-likeness (QED) is 0.909. The summed E-state index contributed by atoms with van der Waals surface area (Å²) < 4.78 is 18.7. The second kappa shape index (κ2) is 6.89. The lowest BCUT2D eigenvalue weighted by Gasteiger charge is -2.38. The smallest absolute Gasteiger partial charge is 0.257 e. The van der Waals surface area contributed by atoms with Crippen molar-refractivity contribution in [3.05, 3.63) is 46.2 Å². The molecule has 2 amide bonds. The maximum Gasteiger partial charge on any atom is 0.257 e. The number of rotatable bonds is 3. The molecule has 8 heteroatoms. The van der Waals surface area contributed by atoms with E-state index in [0.717, 1.165) is 10.6 Å². The number of nitrogens with one attached hydrogen (secondary N) is 1. The lowest BCUT2D eigenvalue weighted by Crippen LogP contribution is -2.51. The first kappa shape index (κ1) is 17.5. The molecular formula is C17H18FN3O3S. The standard InChI is InChI=1S/C17H18FN3O3S/c1-9-10(2)25-17(19-9)20-16(23)15-14(21(3)13(22)8-24-15)11-4-6-12(18)7-5-11/h4-7,14-15H,8H2,1-3H3,(H,19,20,23). The van der Waals surface area contributed by atoms with Crippen molar-refractivity contribution in [1.82, 2.24) is 9.88 Å². The Kier molecular flexibility index (Phi) is 4.82. The van der Waals surface area contributed by atoms with Crippen LogP contribution in [0.3, 0.4) is 0 Å². The van der Waals surface area contributed by atoms with Crippen LogP contribution in [-0.2, 0) is 14.3 Å². The molecule has 1 aliphatic heterocycles. The molecule has 0 aliphatic carbocycles. The van der Waals surface area contributed by atoms with Gasteiger partial charge in [-0.25, -0.2) is 9.37 Å². The number of anilines is 1. The average molecular weight is 363 g/mol. The fraction of sp³-hybridized carbons (Fsp3) is 0.353. The highest BCUT2D eigenvalue weighted by molar-refractivity contribution is 7.15. The maximum atomic E-state index is 13.2. The summed E-state index contributed by atoms with van der Waals surface area (Å²) in [7, 11) is 1.61. The van der Waals surface area contributed by atoms with Crippen LogP contribution in [0.1, 0.15) is 22.2 Å². The van der Waals surface area contributed by atoms with Gasteiger partial charge in [0.2, 0.25) is 5.91 Å². The predicted octanol–water partition coefficient (Wildman–Crippen LogP) is 2.44. The van der Waals surface area contributed by atoms with E-state index in [1.54, 1.807) is 19.2 Å². The van der Waals surface area contributed by atoms with Crippen molar-refractivity contribution in [3.8, 4) is 0 Å². The van der Waals surface area contributed by atoms with Crippen molar-refractivity contribution in [2.45, 2.75) is 26.0 Å². The maximum absolute atomic E-state index is 13.2. The van der Waals surface area contributed by atoms with Crippen molar-refractivity contribution in [2.75, 3.05) is 19.0 Å². The number of ether oxygens (including phenoxy) is 1. The zero-order valence-corrected chi connectivity index (χ0v) is 14.9. The summed E-state index contributed by atoms with van der Waals surface area (Å²) >= 11 is 1.38. The van der Waals surface area contributed by atoms with Crippen molar-refractivity contribution in [1.29, 1.82) is 0 Å². The second-order valence-corrected chi connectivity index (χ2v) is 7.09. The van der Waals surface area contributed by atoms with Gasteiger partial charge in [-0.15, -0.1) is 11.3 Å². The summed E-state index contributed by atoms with van der Waals surface area (Å²) in [5.74, 6) is -1.01. The zero-order chi connectivity index (χ0) is 18.1. The van der Waals surface area contributed by atoms with E-state index in [9.17, 15) is 14.0 Å². The number of nitrogens with zero attached hydrogens (tertiary/aromatic N) is 2. The summed E-state index contributed by atoms with van der Waals surface area (Å²) in [6, 6.07) is 5.06. The summed E-state index contributed by atoms with van der Waals surface area (Å²) in [6.45, 7) is 3.61. The Morgan fingerprint density at radius 2 is 2.04 bits per heavy atom. The van der Waals surface area contributed by atoms with Gasteiger partial charge in [-0.05, 0) is 31.5 Å². The number of thiazole rings is 1. The van der Waals surface area contributed by atoms with Crippen LogP contribution >= 0.6 is 11.3 Å². The molecular weight excluding hydrogens is 345 g/mol. The van der Waals surface area contributed by atoms with Gasteiger partial charge in [-0.2, -0.15) is 0 Å². The number of likely N-dealkylation sites (N-methyl/N-ethyl adjacent to an activating group) is 1. The van der Waals surface area contributed by atoms with E-state index in [1.165, 1.54) is 28.4 Å². The molecule has 3 rings (SSSR count). The zero-order valence-electron chi connectivity index (χ0n) is 14.1. The van der Waals surface area contributed by atoms with Gasteiger partial charge in [0.25, 0.3) is 5.91 Å². The first-order valence-corrected chi connectivity index (χ1v) is 8.56. The number of aryl methyl sites for hydroxylation is 2. The van der Waals surface area contributed by atoms with Crippen molar-refractivity contribution in [2.24, 2.45) is 0 Å². The number of hydrogen-bond acceptors (Lipinski definition) is 5. The molecule has 0 bridgehead atoms. The molecule has 2 unspecified atom stereocenters. The van der Waals surface area contributed by atoms with Crippen LogP contribution in [0.25, 0.3) is 0 Å². The van der Waals surface area contributed by atoms with E-state index in [2.05, 4.69) is 10.3 Å². The minimum Gasteiger partial charge on any atom is -0.356 e. The molecule has 0 radical (unpaired) electrons. The molecule has 25 heavy (non-hydrogen) atoms. The number of carbonyl (C=O) groups excluding carboxylic acids is 2. The van der Waals surface area contributed by atoms with Gasteiger partial charge in [0.05, 0.1) is 11.7 Å². The number of aromatic nitrogens is 1. The normalized spacial score (nSPS) is 20.6. The molecule has 1 N–H and O–H groups in total. The third kappa shape index (κ3) is 3.54. The van der Waals surface area contributed by atoms with E-state index in [0.29, 0.717) is 10.7 Å². The molecule has 0 saturated carbocycles. The van der Waals surface area contributed by atoms with Crippen LogP contribution in [-0.4, -0.2) is 41.5 Å². The Morgan fingerprint density at radius 3 is 2.64 bits per heavy atom. The summed E-state index contributed by atoms with van der Waals surface area (Å²) in [4.78, 5) is 31.5. The Labute approximate surface area is 148 Å². The van der Waals surface area contributed by atoms with Crippen LogP contribution in [0, 0.1) is 19.7 Å². The average Bonchev–Trinajstić information content (AvgIpc) is 2.88. The van der Waals surface area contributed by atoms with E-state index in [1.807, 2.05) is 13.8 Å². The van der Waals surface area contributed by atoms with Crippen LogP contribution in [0.5, 0.6) is 0 Å². The van der Waals surface area contributed by atoms with Crippen molar-refractivity contribution in [3.63, 3.8) is 0 Å². The van der Waals surface area contributed by atoms with Gasteiger partial charge in [0.1, 0.15) is 12.4 Å². The van der Waals surface area contributed by atoms with Gasteiger partial charge >= 0.3 is 0 Å². The van der Waals surface area contributed by atoms with Crippen LogP contribution in [0.2, 0.25) is 0 Å². The SMILES string of the molecule is Cc1nc(NC(=O)C2OCC(=O)N(C)C2c2ccc(F)cc2)sc1C. The van der Waals surface area contributed by atoms with Gasteiger partial charge in [0, 0.05) is 11.9 Å². The number of amides is 2. The fourth-order valence-corrected chi connectivity index (χ4v) is 3.51. The Hall–Kier alpha value is -2.32. The molecule has 2 heterocycles.